The first kappa shape index (κ1) is 12.0. The Hall–Kier alpha value is -1.04. The molecule has 2 heterocycles. The summed E-state index contributed by atoms with van der Waals surface area (Å²) >= 11 is 0. The van der Waals surface area contributed by atoms with Gasteiger partial charge in [-0.2, -0.15) is 18.3 Å². The van der Waals surface area contributed by atoms with Gasteiger partial charge in [-0.15, -0.1) is 0 Å². The molecule has 0 fully saturated rings. The number of halogens is 3. The molecule has 0 aromatic carbocycles. The predicted octanol–water partition coefficient (Wildman–Crippen LogP) is 2.50. The average molecular weight is 222 g/mol. The van der Waals surface area contributed by atoms with Crippen LogP contribution in [0.15, 0.2) is 0 Å². The van der Waals surface area contributed by atoms with Gasteiger partial charge in [-0.25, -0.2) is 0 Å². The van der Waals surface area contributed by atoms with Gasteiger partial charge < -0.3 is 4.74 Å². The number of fused-ring (bicyclic) bond motifs is 1. The van der Waals surface area contributed by atoms with Crippen molar-refractivity contribution in [2.75, 3.05) is 0 Å². The van der Waals surface area contributed by atoms with Crippen molar-refractivity contribution in [1.82, 2.24) is 9.78 Å². The second kappa shape index (κ2) is 4.22. The molecule has 0 saturated carbocycles. The molecule has 0 radical (unpaired) electrons. The van der Waals surface area contributed by atoms with Crippen LogP contribution in [0.25, 0.3) is 0 Å². The fourth-order valence-corrected chi connectivity index (χ4v) is 1.50. The van der Waals surface area contributed by atoms with Gasteiger partial charge in [-0.3, -0.25) is 4.68 Å². The first-order valence-corrected chi connectivity index (χ1v) is 4.70. The topological polar surface area (TPSA) is 27.1 Å². The van der Waals surface area contributed by atoms with Crippen molar-refractivity contribution < 1.29 is 17.9 Å². The van der Waals surface area contributed by atoms with Crippen LogP contribution in [-0.4, -0.2) is 9.78 Å². The molecule has 0 unspecified atom stereocenters. The normalized spacial score (nSPS) is 14.5. The predicted molar refractivity (Wildman–Crippen MR) is 48.1 cm³/mol. The highest BCUT2D eigenvalue weighted by Crippen LogP contribution is 2.35. The Kier molecular flexibility index (Phi) is 3.38. The Morgan fingerprint density at radius 3 is 2.40 bits per heavy atom. The number of nitrogens with zero attached hydrogens (tertiary/aromatic N) is 2. The summed E-state index contributed by atoms with van der Waals surface area (Å²) in [5, 5.41) is 3.73. The minimum atomic E-state index is -4.34. The Labute approximate surface area is 85.8 Å². The number of ether oxygens (including phenoxy) is 1. The van der Waals surface area contributed by atoms with E-state index in [0.29, 0.717) is 5.69 Å². The van der Waals surface area contributed by atoms with E-state index in [9.17, 15) is 13.2 Å². The molecule has 3 nitrogen and oxygen atoms in total. The van der Waals surface area contributed by atoms with Crippen molar-refractivity contribution >= 4 is 0 Å². The van der Waals surface area contributed by atoms with Gasteiger partial charge in [0.05, 0.1) is 18.9 Å². The van der Waals surface area contributed by atoms with E-state index >= 15 is 0 Å². The maximum absolute atomic E-state index is 12.4. The lowest BCUT2D eigenvalue weighted by molar-refractivity contribution is -0.144. The van der Waals surface area contributed by atoms with Gasteiger partial charge in [0, 0.05) is 12.6 Å². The smallest absolute Gasteiger partial charge is 0.370 e. The lowest BCUT2D eigenvalue weighted by Crippen LogP contribution is -2.14. The van der Waals surface area contributed by atoms with Crippen LogP contribution in [-0.2, 0) is 31.2 Å². The van der Waals surface area contributed by atoms with Gasteiger partial charge >= 0.3 is 6.18 Å². The van der Waals surface area contributed by atoms with Crippen molar-refractivity contribution in [3.05, 3.63) is 17.0 Å². The zero-order valence-electron chi connectivity index (χ0n) is 8.85. The number of hydrogen-bond donors (Lipinski definition) is 0. The highest BCUT2D eigenvalue weighted by Gasteiger charge is 2.40. The largest absolute Gasteiger partial charge is 0.433 e. The molecule has 1 aromatic rings. The monoisotopic (exact) mass is 222 g/mol. The molecule has 15 heavy (non-hydrogen) atoms. The van der Waals surface area contributed by atoms with E-state index in [0.717, 1.165) is 4.68 Å². The van der Waals surface area contributed by atoms with Gasteiger partial charge in [0.1, 0.15) is 5.69 Å². The molecule has 0 atom stereocenters. The molecule has 0 spiro atoms. The van der Waals surface area contributed by atoms with Gasteiger partial charge in [-0.05, 0) is 0 Å². The SMILES string of the molecule is CC.Cn1nc2c(c1C(F)(F)F)COC2. The second-order valence-corrected chi connectivity index (χ2v) is 2.89. The molecule has 6 heteroatoms. The third kappa shape index (κ3) is 2.14. The summed E-state index contributed by atoms with van der Waals surface area (Å²) in [6.07, 6.45) is -4.34. The minimum absolute atomic E-state index is 0.0119. The number of hydrogen-bond acceptors (Lipinski definition) is 2. The molecule has 0 N–H and O–H groups in total. The Bertz CT molecular complexity index is 344. The third-order valence-corrected chi connectivity index (χ3v) is 1.98. The zero-order valence-corrected chi connectivity index (χ0v) is 8.85. The summed E-state index contributed by atoms with van der Waals surface area (Å²) < 4.78 is 43.0. The average Bonchev–Trinajstić information content (AvgIpc) is 2.64. The number of aryl methyl sites for hydroxylation is 1. The zero-order chi connectivity index (χ0) is 11.6. The van der Waals surface area contributed by atoms with E-state index in [1.165, 1.54) is 7.05 Å². The molecule has 1 aromatic heterocycles. The van der Waals surface area contributed by atoms with Crippen molar-refractivity contribution in [2.45, 2.75) is 33.2 Å². The minimum Gasteiger partial charge on any atom is -0.370 e. The summed E-state index contributed by atoms with van der Waals surface area (Å²) in [5.74, 6) is 0. The molecule has 0 saturated heterocycles. The van der Waals surface area contributed by atoms with Crippen LogP contribution in [0.3, 0.4) is 0 Å². The molecule has 1 aliphatic heterocycles. The summed E-state index contributed by atoms with van der Waals surface area (Å²) in [6.45, 7) is 4.19. The Balaban J connectivity index is 0.000000531. The molecule has 2 rings (SSSR count). The van der Waals surface area contributed by atoms with Crippen LogP contribution in [0.5, 0.6) is 0 Å². The molecule has 1 aliphatic rings. The molecular formula is C9H13F3N2O. The third-order valence-electron chi connectivity index (χ3n) is 1.98. The Morgan fingerprint density at radius 2 is 1.87 bits per heavy atom. The molecular weight excluding hydrogens is 209 g/mol. The van der Waals surface area contributed by atoms with Crippen LogP contribution in [0.4, 0.5) is 13.2 Å². The van der Waals surface area contributed by atoms with Crippen LogP contribution < -0.4 is 0 Å². The van der Waals surface area contributed by atoms with E-state index in [1.807, 2.05) is 13.8 Å². The van der Waals surface area contributed by atoms with Gasteiger partial charge in [0.2, 0.25) is 0 Å². The quantitative estimate of drug-likeness (QED) is 0.674. The second-order valence-electron chi connectivity index (χ2n) is 2.89. The van der Waals surface area contributed by atoms with Crippen molar-refractivity contribution in [2.24, 2.45) is 7.05 Å². The fraction of sp³-hybridized carbons (Fsp3) is 0.667. The maximum atomic E-state index is 12.4. The summed E-state index contributed by atoms with van der Waals surface area (Å²) in [5.41, 5.74) is -0.121. The standard InChI is InChI=1S/C7H7F3N2O.C2H6/c1-12-6(7(8,9)10)4-2-13-3-5(4)11-12;1-2/h2-3H2,1H3;1-2H3. The lowest BCUT2D eigenvalue weighted by atomic mass is 10.2. The van der Waals surface area contributed by atoms with Crippen LogP contribution >= 0.6 is 0 Å². The van der Waals surface area contributed by atoms with Crippen molar-refractivity contribution in [3.8, 4) is 0 Å². The first-order chi connectivity index (χ1) is 7.00. The summed E-state index contributed by atoms with van der Waals surface area (Å²) in [4.78, 5) is 0. The highest BCUT2D eigenvalue weighted by molar-refractivity contribution is 5.29. The van der Waals surface area contributed by atoms with E-state index in [2.05, 4.69) is 5.10 Å². The highest BCUT2D eigenvalue weighted by atomic mass is 19.4. The van der Waals surface area contributed by atoms with E-state index < -0.39 is 11.9 Å². The lowest BCUT2D eigenvalue weighted by Gasteiger charge is -2.08. The van der Waals surface area contributed by atoms with Gasteiger partial charge in [0.25, 0.3) is 0 Å². The van der Waals surface area contributed by atoms with Crippen LogP contribution in [0, 0.1) is 0 Å². The molecule has 86 valence electrons. The van der Waals surface area contributed by atoms with Crippen LogP contribution in [0.1, 0.15) is 30.8 Å². The fourth-order valence-electron chi connectivity index (χ4n) is 1.50. The van der Waals surface area contributed by atoms with Crippen LogP contribution in [0.2, 0.25) is 0 Å². The maximum Gasteiger partial charge on any atom is 0.433 e. The van der Waals surface area contributed by atoms with Crippen molar-refractivity contribution in [3.63, 3.8) is 0 Å². The van der Waals surface area contributed by atoms with E-state index in [-0.39, 0.29) is 18.8 Å². The van der Waals surface area contributed by atoms with E-state index in [4.69, 9.17) is 4.74 Å². The van der Waals surface area contributed by atoms with Gasteiger partial charge in [-0.1, -0.05) is 13.8 Å². The Morgan fingerprint density at radius 1 is 1.27 bits per heavy atom. The molecule has 0 bridgehead atoms. The summed E-state index contributed by atoms with van der Waals surface area (Å²) in [6, 6.07) is 0. The molecule has 0 aliphatic carbocycles. The first-order valence-electron chi connectivity index (χ1n) is 4.70. The summed E-state index contributed by atoms with van der Waals surface area (Å²) in [7, 11) is 1.29. The van der Waals surface area contributed by atoms with Crippen molar-refractivity contribution in [1.29, 1.82) is 0 Å². The number of alkyl halides is 3. The molecule has 0 amide bonds. The number of rotatable bonds is 0. The van der Waals surface area contributed by atoms with Gasteiger partial charge in [0.15, 0.2) is 0 Å². The van der Waals surface area contributed by atoms with E-state index in [1.54, 1.807) is 0 Å². The number of aromatic nitrogens is 2.